The number of hydrogen-bond acceptors (Lipinski definition) is 12. The summed E-state index contributed by atoms with van der Waals surface area (Å²) in [5.41, 5.74) is 36.9. The number of nitrogen functional groups attached to an aromatic ring is 2. The van der Waals surface area contributed by atoms with E-state index >= 15 is 0 Å². The zero-order valence-corrected chi connectivity index (χ0v) is 71.4. The van der Waals surface area contributed by atoms with Gasteiger partial charge in [0.2, 0.25) is 0 Å². The van der Waals surface area contributed by atoms with Gasteiger partial charge in [0.05, 0.1) is 87.9 Å². The lowest BCUT2D eigenvalue weighted by molar-refractivity contribution is 0.618. The first-order valence-corrected chi connectivity index (χ1v) is 42.2. The van der Waals surface area contributed by atoms with Crippen molar-refractivity contribution in [3.05, 3.63) is 489 Å². The smallest absolute Gasteiger partial charge is 0.277 e. The average molecular weight is 1680 g/mol. The number of nitrogens with two attached hydrogens (primary N) is 2. The Hall–Kier alpha value is -16.5. The van der Waals surface area contributed by atoms with Gasteiger partial charge in [-0.15, -0.1) is 0 Å². The van der Waals surface area contributed by atoms with Gasteiger partial charge in [0.25, 0.3) is 27.8 Å². The molecule has 0 fully saturated rings. The minimum atomic E-state index is -0.292. The Bertz CT molecular complexity index is 7570. The molecule has 20 rings (SSSR count). The first kappa shape index (κ1) is 85.1. The van der Waals surface area contributed by atoms with Crippen LogP contribution in [0.2, 0.25) is 0 Å². The van der Waals surface area contributed by atoms with Gasteiger partial charge < -0.3 is 34.3 Å². The highest BCUT2D eigenvalue weighted by Crippen LogP contribution is 2.30. The Balaban J connectivity index is 0.000000117. The van der Waals surface area contributed by atoms with Crippen molar-refractivity contribution in [3.8, 4) is 56.3 Å². The lowest BCUT2D eigenvalue weighted by Gasteiger charge is -2.14. The summed E-state index contributed by atoms with van der Waals surface area (Å²) >= 11 is 0. The summed E-state index contributed by atoms with van der Waals surface area (Å²) in [7, 11) is 0. The van der Waals surface area contributed by atoms with Crippen molar-refractivity contribution in [1.29, 1.82) is 0 Å². The zero-order valence-electron chi connectivity index (χ0n) is 71.4. The Kier molecular flexibility index (Phi) is 25.9. The van der Waals surface area contributed by atoms with Gasteiger partial charge in [-0.1, -0.05) is 289 Å². The molecule has 0 spiro atoms. The fraction of sp³-hybridized carbons (Fsp3) is 0.0909. The maximum absolute atomic E-state index is 13.6. The zero-order chi connectivity index (χ0) is 88.7. The molecule has 17 nitrogen and oxygen atoms in total. The fourth-order valence-electron chi connectivity index (χ4n) is 15.5. The monoisotopic (exact) mass is 1680 g/mol. The lowest BCUT2D eigenvalue weighted by atomic mass is 10.1. The van der Waals surface area contributed by atoms with E-state index in [2.05, 4.69) is 24.9 Å². The van der Waals surface area contributed by atoms with Gasteiger partial charge in [-0.2, -0.15) is 0 Å². The van der Waals surface area contributed by atoms with E-state index in [-0.39, 0.29) is 33.6 Å². The normalized spacial score (nSPS) is 11.0. The SMILES string of the molecule is Cc1cc(-c2nc3ccccc3n(Cc3ccccc3)c2=O)ccc1F.Cc1ccc(-c2nc3ccccc3n(Cc3ccccc3)c2=O)cc1.Cc1ccc(N)c(-c2nc3ccccc3n(Cc3ccccc3)c2=O)c1.Cc1ccc(N)c(-c2nc3ccccc3n(Cc3ccccc3)c2=O)c1.Cc1cccc(-c2nc3ccccc3n(Cc3ccccc3)c2=O)c1. The van der Waals surface area contributed by atoms with Crippen LogP contribution in [0.25, 0.3) is 111 Å². The summed E-state index contributed by atoms with van der Waals surface area (Å²) in [6.07, 6.45) is 0. The molecule has 18 heteroatoms. The van der Waals surface area contributed by atoms with Crippen LogP contribution in [0.4, 0.5) is 15.8 Å². The van der Waals surface area contributed by atoms with E-state index < -0.39 is 0 Å². The number of aromatic nitrogens is 10. The molecule has 0 saturated heterocycles. The molecule has 0 atom stereocenters. The Morgan fingerprint density at radius 3 is 0.789 bits per heavy atom. The molecule has 0 aliphatic carbocycles. The standard InChI is InChI=1S/C22H17FN2O.2C22H19N3O.2C22H18N2O/c1-15-13-17(11-12-18(15)23)21-22(26)25(14-16-7-3-2-4-8-16)20-10-6-5-9-19(20)24-21;2*1-15-11-12-18(23)17(13-15)21-22(26)25(14-16-7-3-2-4-8-16)20-10-6-5-9-19(20)24-21;1-16-8-7-11-18(14-16)21-22(25)24(15-17-9-3-2-4-10-17)20-13-6-5-12-19(20)23-21;1-16-11-13-18(14-12-16)21-22(25)24(15-17-7-3-2-4-8-17)20-10-6-5-9-19(20)23-21/h2-13H,14H2,1H3;2*2-13H,14,23H2,1H3;2*2-14H,15H2,1H3. The quantitative estimate of drug-likeness (QED) is 0.0914. The van der Waals surface area contributed by atoms with Gasteiger partial charge >= 0.3 is 0 Å². The maximum atomic E-state index is 13.6. The number of nitrogens with zero attached hydrogens (tertiary/aromatic N) is 10. The first-order chi connectivity index (χ1) is 62.3. The third-order valence-corrected chi connectivity index (χ3v) is 22.2. The van der Waals surface area contributed by atoms with Crippen LogP contribution in [0.3, 0.4) is 0 Å². The van der Waals surface area contributed by atoms with Crippen molar-refractivity contribution in [2.45, 2.75) is 67.3 Å². The Labute approximate surface area is 738 Å². The second kappa shape index (κ2) is 38.9. The second-order valence-corrected chi connectivity index (χ2v) is 31.5. The molecule has 128 heavy (non-hydrogen) atoms. The van der Waals surface area contributed by atoms with E-state index in [1.54, 1.807) is 32.8 Å². The molecular weight excluding hydrogens is 1590 g/mol. The van der Waals surface area contributed by atoms with E-state index in [0.717, 1.165) is 116 Å². The second-order valence-electron chi connectivity index (χ2n) is 31.5. The summed E-state index contributed by atoms with van der Waals surface area (Å²) in [6.45, 7) is 12.2. The van der Waals surface area contributed by atoms with Crippen molar-refractivity contribution >= 4 is 66.5 Å². The van der Waals surface area contributed by atoms with Crippen LogP contribution in [0.15, 0.2) is 400 Å². The Morgan fingerprint density at radius 2 is 0.484 bits per heavy atom. The molecule has 5 aromatic heterocycles. The highest BCUT2D eigenvalue weighted by molar-refractivity contribution is 5.85. The third kappa shape index (κ3) is 19.5. The number of para-hydroxylation sites is 10. The van der Waals surface area contributed by atoms with E-state index in [1.165, 1.54) is 6.07 Å². The number of rotatable bonds is 15. The topological polar surface area (TPSA) is 226 Å². The predicted octanol–water partition coefficient (Wildman–Crippen LogP) is 21.4. The molecule has 0 radical (unpaired) electrons. The van der Waals surface area contributed by atoms with E-state index in [0.29, 0.717) is 94.8 Å². The van der Waals surface area contributed by atoms with Crippen molar-refractivity contribution in [1.82, 2.24) is 47.8 Å². The molecule has 0 bridgehead atoms. The van der Waals surface area contributed by atoms with Gasteiger partial charge in [-0.25, -0.2) is 29.3 Å². The number of fused-ring (bicyclic) bond motifs is 5. The van der Waals surface area contributed by atoms with Gasteiger partial charge in [-0.05, 0) is 177 Å². The lowest BCUT2D eigenvalue weighted by Crippen LogP contribution is -2.24. The van der Waals surface area contributed by atoms with Crippen LogP contribution in [0, 0.1) is 40.4 Å². The summed E-state index contributed by atoms with van der Waals surface area (Å²) in [5.74, 6) is -0.292. The van der Waals surface area contributed by atoms with Gasteiger partial charge in [0.15, 0.2) is 0 Å². The summed E-state index contributed by atoms with van der Waals surface area (Å²) in [4.78, 5) is 89.3. The van der Waals surface area contributed by atoms with Crippen molar-refractivity contribution in [3.63, 3.8) is 0 Å². The highest BCUT2D eigenvalue weighted by atomic mass is 19.1. The molecule has 0 aliphatic heterocycles. The molecule has 20 aromatic rings. The Morgan fingerprint density at radius 1 is 0.234 bits per heavy atom. The molecule has 0 saturated carbocycles. The van der Waals surface area contributed by atoms with E-state index in [4.69, 9.17) is 11.5 Å². The van der Waals surface area contributed by atoms with Crippen molar-refractivity contribution in [2.24, 2.45) is 0 Å². The minimum Gasteiger partial charge on any atom is -0.398 e. The van der Waals surface area contributed by atoms with Gasteiger partial charge in [0.1, 0.15) is 34.3 Å². The largest absolute Gasteiger partial charge is 0.398 e. The number of halogens is 1. The maximum Gasteiger partial charge on any atom is 0.277 e. The molecule has 0 aliphatic rings. The van der Waals surface area contributed by atoms with Crippen LogP contribution in [0.5, 0.6) is 0 Å². The van der Waals surface area contributed by atoms with Crippen LogP contribution < -0.4 is 39.3 Å². The fourth-order valence-corrected chi connectivity index (χ4v) is 15.5. The van der Waals surface area contributed by atoms with Crippen molar-refractivity contribution in [2.75, 3.05) is 11.5 Å². The van der Waals surface area contributed by atoms with E-state index in [1.807, 2.05) is 395 Å². The number of aryl methyl sites for hydroxylation is 5. The van der Waals surface area contributed by atoms with Crippen molar-refractivity contribution < 1.29 is 4.39 Å². The molecule has 0 amide bonds. The van der Waals surface area contributed by atoms with Crippen LogP contribution in [-0.2, 0) is 32.7 Å². The minimum absolute atomic E-state index is 0.0619. The third-order valence-electron chi connectivity index (χ3n) is 22.2. The molecule has 628 valence electrons. The molecule has 15 aromatic carbocycles. The molecular formula is C110H91FN12O5. The highest BCUT2D eigenvalue weighted by Gasteiger charge is 2.21. The van der Waals surface area contributed by atoms with Gasteiger partial charge in [-0.3, -0.25) is 24.0 Å². The number of anilines is 2. The molecule has 0 unspecified atom stereocenters. The number of benzene rings is 15. The van der Waals surface area contributed by atoms with Crippen LogP contribution in [0.1, 0.15) is 55.6 Å². The number of hydrogen-bond donors (Lipinski definition) is 2. The summed E-state index contributed by atoms with van der Waals surface area (Å²) < 4.78 is 22.5. The summed E-state index contributed by atoms with van der Waals surface area (Å²) in [6, 6.07) is 120. The molecule has 5 heterocycles. The summed E-state index contributed by atoms with van der Waals surface area (Å²) in [5, 5.41) is 0. The van der Waals surface area contributed by atoms with E-state index in [9.17, 15) is 28.4 Å². The average Bonchev–Trinajstić information content (AvgIpc) is 0.759. The van der Waals surface area contributed by atoms with Crippen LogP contribution >= 0.6 is 0 Å². The first-order valence-electron chi connectivity index (χ1n) is 42.2. The van der Waals surface area contributed by atoms with Gasteiger partial charge in [0, 0.05) is 39.2 Å². The predicted molar refractivity (Wildman–Crippen MR) is 517 cm³/mol. The molecule has 4 N–H and O–H groups in total. The van der Waals surface area contributed by atoms with Crippen LogP contribution in [-0.4, -0.2) is 47.8 Å².